The Kier molecular flexibility index (Phi) is 5.68. The standard InChI is InChI=1S/C19H18N2O5/c1-23-15-6-2-3-7-16(15)24-11-5-4-10-20-19(22)21-14-8-9-17-18(12-14)26-13-25-17/h2-3,6-9,12H,10-11,13H2,1H3,(H2,20,21,22). The number of hydrogen-bond donors (Lipinski definition) is 2. The molecular formula is C19H18N2O5. The molecule has 0 aliphatic carbocycles. The summed E-state index contributed by atoms with van der Waals surface area (Å²) in [6.07, 6.45) is 0. The summed E-state index contributed by atoms with van der Waals surface area (Å²) < 4.78 is 21.2. The first-order valence-electron chi connectivity index (χ1n) is 7.92. The van der Waals surface area contributed by atoms with Gasteiger partial charge in [-0.15, -0.1) is 0 Å². The highest BCUT2D eigenvalue weighted by Crippen LogP contribution is 2.34. The van der Waals surface area contributed by atoms with Gasteiger partial charge in [-0.25, -0.2) is 4.79 Å². The molecule has 0 saturated carbocycles. The first kappa shape index (κ1) is 17.3. The number of anilines is 1. The fraction of sp³-hybridized carbons (Fsp3) is 0.211. The molecule has 2 N–H and O–H groups in total. The Balaban J connectivity index is 1.40. The number of amides is 2. The van der Waals surface area contributed by atoms with Crippen molar-refractivity contribution in [3.05, 3.63) is 42.5 Å². The lowest BCUT2D eigenvalue weighted by atomic mass is 10.3. The van der Waals surface area contributed by atoms with Crippen LogP contribution in [0.2, 0.25) is 0 Å². The number of hydrogen-bond acceptors (Lipinski definition) is 5. The van der Waals surface area contributed by atoms with Gasteiger partial charge < -0.3 is 29.6 Å². The van der Waals surface area contributed by atoms with Crippen LogP contribution in [0.25, 0.3) is 0 Å². The van der Waals surface area contributed by atoms with Gasteiger partial charge in [0.2, 0.25) is 6.79 Å². The summed E-state index contributed by atoms with van der Waals surface area (Å²) in [5, 5.41) is 5.35. The van der Waals surface area contributed by atoms with Crippen molar-refractivity contribution in [2.45, 2.75) is 0 Å². The Morgan fingerprint density at radius 2 is 1.92 bits per heavy atom. The summed E-state index contributed by atoms with van der Waals surface area (Å²) in [5.41, 5.74) is 0.610. The van der Waals surface area contributed by atoms with Crippen LogP contribution >= 0.6 is 0 Å². The van der Waals surface area contributed by atoms with E-state index in [2.05, 4.69) is 22.5 Å². The lowest BCUT2D eigenvalue weighted by molar-refractivity contribution is 0.174. The van der Waals surface area contributed by atoms with E-state index in [-0.39, 0.29) is 26.0 Å². The Hall–Kier alpha value is -3.53. The van der Waals surface area contributed by atoms with Crippen molar-refractivity contribution in [3.8, 4) is 34.8 Å². The summed E-state index contributed by atoms with van der Waals surface area (Å²) in [5.74, 6) is 8.19. The Morgan fingerprint density at radius 1 is 1.12 bits per heavy atom. The van der Waals surface area contributed by atoms with Crippen LogP contribution in [-0.4, -0.2) is 33.1 Å². The van der Waals surface area contributed by atoms with E-state index in [1.54, 1.807) is 31.4 Å². The second-order valence-electron chi connectivity index (χ2n) is 5.17. The first-order valence-corrected chi connectivity index (χ1v) is 7.92. The fourth-order valence-electron chi connectivity index (χ4n) is 2.24. The fourth-order valence-corrected chi connectivity index (χ4v) is 2.24. The van der Waals surface area contributed by atoms with Crippen LogP contribution in [0.15, 0.2) is 42.5 Å². The van der Waals surface area contributed by atoms with Gasteiger partial charge in [-0.3, -0.25) is 0 Å². The van der Waals surface area contributed by atoms with Crippen molar-refractivity contribution in [1.82, 2.24) is 5.32 Å². The van der Waals surface area contributed by atoms with Crippen molar-refractivity contribution in [2.75, 3.05) is 32.4 Å². The zero-order valence-corrected chi connectivity index (χ0v) is 14.2. The third-order valence-corrected chi connectivity index (χ3v) is 3.46. The molecular weight excluding hydrogens is 336 g/mol. The average Bonchev–Trinajstić information content (AvgIpc) is 3.12. The van der Waals surface area contributed by atoms with Gasteiger partial charge >= 0.3 is 6.03 Å². The van der Waals surface area contributed by atoms with Gasteiger partial charge in [-0.05, 0) is 24.3 Å². The second-order valence-corrected chi connectivity index (χ2v) is 5.17. The molecule has 0 saturated heterocycles. The number of methoxy groups -OCH3 is 1. The number of rotatable bonds is 5. The number of ether oxygens (including phenoxy) is 4. The predicted octanol–water partition coefficient (Wildman–Crippen LogP) is 2.63. The number of urea groups is 1. The number of nitrogens with one attached hydrogen (secondary N) is 2. The van der Waals surface area contributed by atoms with Gasteiger partial charge in [0.05, 0.1) is 13.7 Å². The van der Waals surface area contributed by atoms with Crippen LogP contribution in [0.3, 0.4) is 0 Å². The SMILES string of the molecule is COc1ccccc1OCC#CCNC(=O)Nc1ccc2c(c1)OCO2. The lowest BCUT2D eigenvalue weighted by Crippen LogP contribution is -2.28. The highest BCUT2D eigenvalue weighted by atomic mass is 16.7. The Labute approximate surface area is 151 Å². The number of benzene rings is 2. The van der Waals surface area contributed by atoms with E-state index in [0.717, 1.165) is 0 Å². The van der Waals surface area contributed by atoms with Crippen molar-refractivity contribution < 1.29 is 23.7 Å². The van der Waals surface area contributed by atoms with Gasteiger partial charge in [-0.2, -0.15) is 0 Å². The topological polar surface area (TPSA) is 78.1 Å². The van der Waals surface area contributed by atoms with E-state index < -0.39 is 0 Å². The molecule has 7 heteroatoms. The quantitative estimate of drug-likeness (QED) is 0.807. The number of fused-ring (bicyclic) bond motifs is 1. The van der Waals surface area contributed by atoms with Gasteiger partial charge in [0.15, 0.2) is 23.0 Å². The van der Waals surface area contributed by atoms with Crippen molar-refractivity contribution in [3.63, 3.8) is 0 Å². The molecule has 0 bridgehead atoms. The van der Waals surface area contributed by atoms with Gasteiger partial charge in [0.25, 0.3) is 0 Å². The summed E-state index contributed by atoms with van der Waals surface area (Å²) in [4.78, 5) is 11.8. The second kappa shape index (κ2) is 8.53. The lowest BCUT2D eigenvalue weighted by Gasteiger charge is -2.07. The Bertz CT molecular complexity index is 841. The normalized spacial score (nSPS) is 11.1. The molecule has 0 unspecified atom stereocenters. The molecule has 1 heterocycles. The summed E-state index contributed by atoms with van der Waals surface area (Å²) in [7, 11) is 1.58. The zero-order chi connectivity index (χ0) is 18.2. The van der Waals surface area contributed by atoms with Crippen LogP contribution < -0.4 is 29.6 Å². The molecule has 0 fully saturated rings. The molecule has 134 valence electrons. The van der Waals surface area contributed by atoms with Crippen LogP contribution in [0.5, 0.6) is 23.0 Å². The minimum Gasteiger partial charge on any atom is -0.493 e. The van der Waals surface area contributed by atoms with E-state index in [1.165, 1.54) is 0 Å². The molecule has 2 aromatic rings. The average molecular weight is 354 g/mol. The number of carbonyl (C=O) groups is 1. The van der Waals surface area contributed by atoms with Crippen LogP contribution in [0.1, 0.15) is 0 Å². The minimum absolute atomic E-state index is 0.192. The maximum atomic E-state index is 11.8. The highest BCUT2D eigenvalue weighted by Gasteiger charge is 2.13. The van der Waals surface area contributed by atoms with Gasteiger partial charge in [0.1, 0.15) is 6.61 Å². The maximum absolute atomic E-state index is 11.8. The van der Waals surface area contributed by atoms with Crippen molar-refractivity contribution in [2.24, 2.45) is 0 Å². The third kappa shape index (κ3) is 4.51. The zero-order valence-electron chi connectivity index (χ0n) is 14.2. The molecule has 2 amide bonds. The van der Waals surface area contributed by atoms with Crippen LogP contribution in [0, 0.1) is 11.8 Å². The monoisotopic (exact) mass is 354 g/mol. The van der Waals surface area contributed by atoms with Gasteiger partial charge in [-0.1, -0.05) is 24.0 Å². The van der Waals surface area contributed by atoms with E-state index in [9.17, 15) is 4.79 Å². The predicted molar refractivity (Wildman–Crippen MR) is 95.9 cm³/mol. The van der Waals surface area contributed by atoms with E-state index >= 15 is 0 Å². The highest BCUT2D eigenvalue weighted by molar-refractivity contribution is 5.89. The van der Waals surface area contributed by atoms with E-state index in [0.29, 0.717) is 28.7 Å². The van der Waals surface area contributed by atoms with Crippen molar-refractivity contribution >= 4 is 11.7 Å². The molecule has 0 aromatic heterocycles. The van der Waals surface area contributed by atoms with E-state index in [1.807, 2.05) is 18.2 Å². The minimum atomic E-state index is -0.358. The largest absolute Gasteiger partial charge is 0.493 e. The summed E-state index contributed by atoms with van der Waals surface area (Å²) in [6.45, 7) is 0.592. The van der Waals surface area contributed by atoms with Gasteiger partial charge in [0, 0.05) is 11.8 Å². The third-order valence-electron chi connectivity index (χ3n) is 3.46. The van der Waals surface area contributed by atoms with E-state index in [4.69, 9.17) is 18.9 Å². The summed E-state index contributed by atoms with van der Waals surface area (Å²) in [6, 6.07) is 12.2. The Morgan fingerprint density at radius 3 is 2.77 bits per heavy atom. The number of para-hydroxylation sites is 2. The number of carbonyl (C=O) groups excluding carboxylic acids is 1. The molecule has 1 aliphatic heterocycles. The molecule has 3 rings (SSSR count). The molecule has 0 radical (unpaired) electrons. The van der Waals surface area contributed by atoms with Crippen molar-refractivity contribution in [1.29, 1.82) is 0 Å². The molecule has 2 aromatic carbocycles. The first-order chi connectivity index (χ1) is 12.8. The van der Waals surface area contributed by atoms with Crippen LogP contribution in [-0.2, 0) is 0 Å². The molecule has 0 spiro atoms. The maximum Gasteiger partial charge on any atom is 0.319 e. The molecule has 0 atom stereocenters. The molecule has 1 aliphatic rings. The summed E-state index contributed by atoms with van der Waals surface area (Å²) >= 11 is 0. The van der Waals surface area contributed by atoms with Crippen LogP contribution in [0.4, 0.5) is 10.5 Å². The smallest absolute Gasteiger partial charge is 0.319 e. The molecule has 7 nitrogen and oxygen atoms in total. The molecule has 26 heavy (non-hydrogen) atoms.